The average molecular weight is 181 g/mol. The zero-order valence-electron chi connectivity index (χ0n) is 7.55. The lowest BCUT2D eigenvalue weighted by molar-refractivity contribution is 0.304. The molecule has 1 aromatic rings. The zero-order valence-corrected chi connectivity index (χ0v) is 7.55. The molecule has 0 aliphatic heterocycles. The Morgan fingerprint density at radius 1 is 1.38 bits per heavy atom. The molecular formula is C9H12FN3. The summed E-state index contributed by atoms with van der Waals surface area (Å²) in [6.45, 7) is 2.07. The molecule has 1 aliphatic carbocycles. The first-order valence-corrected chi connectivity index (χ1v) is 4.44. The number of anilines is 1. The molecule has 0 spiro atoms. The van der Waals surface area contributed by atoms with Crippen LogP contribution in [-0.2, 0) is 0 Å². The number of nitrogens with zero attached hydrogens (tertiary/aromatic N) is 2. The maximum atomic E-state index is 13.0. The van der Waals surface area contributed by atoms with Gasteiger partial charge in [0.05, 0.1) is 0 Å². The summed E-state index contributed by atoms with van der Waals surface area (Å²) < 4.78 is 13.0. The van der Waals surface area contributed by atoms with Crippen LogP contribution in [0.5, 0.6) is 0 Å². The van der Waals surface area contributed by atoms with Crippen molar-refractivity contribution in [1.29, 1.82) is 0 Å². The van der Waals surface area contributed by atoms with Gasteiger partial charge in [0.1, 0.15) is 0 Å². The highest BCUT2D eigenvalue weighted by Crippen LogP contribution is 2.34. The standard InChI is InChI=1S/C9H12FN3/c1-9(3-2-4-9)13-8-7(10)11-5-6-12-8/h5-6H,2-4H2,1H3,(H,12,13). The Hall–Kier alpha value is -1.19. The maximum Gasteiger partial charge on any atom is 0.255 e. The fourth-order valence-electron chi connectivity index (χ4n) is 1.52. The lowest BCUT2D eigenvalue weighted by Crippen LogP contribution is -2.42. The number of nitrogens with one attached hydrogen (secondary N) is 1. The summed E-state index contributed by atoms with van der Waals surface area (Å²) in [4.78, 5) is 7.43. The first-order valence-electron chi connectivity index (χ1n) is 4.44. The van der Waals surface area contributed by atoms with Crippen molar-refractivity contribution in [2.45, 2.75) is 31.7 Å². The highest BCUT2D eigenvalue weighted by atomic mass is 19.1. The van der Waals surface area contributed by atoms with Crippen molar-refractivity contribution in [3.05, 3.63) is 18.3 Å². The Morgan fingerprint density at radius 3 is 2.62 bits per heavy atom. The van der Waals surface area contributed by atoms with E-state index in [1.54, 1.807) is 0 Å². The van der Waals surface area contributed by atoms with Gasteiger partial charge in [-0.25, -0.2) is 9.97 Å². The second kappa shape index (κ2) is 2.94. The second-order valence-corrected chi connectivity index (χ2v) is 3.73. The number of hydrogen-bond donors (Lipinski definition) is 1. The minimum atomic E-state index is -0.518. The van der Waals surface area contributed by atoms with E-state index in [-0.39, 0.29) is 11.4 Å². The summed E-state index contributed by atoms with van der Waals surface area (Å²) in [5, 5.41) is 3.07. The summed E-state index contributed by atoms with van der Waals surface area (Å²) in [5.74, 6) is -0.250. The first kappa shape index (κ1) is 8.41. The van der Waals surface area contributed by atoms with E-state index in [1.165, 1.54) is 18.8 Å². The molecule has 13 heavy (non-hydrogen) atoms. The van der Waals surface area contributed by atoms with Crippen LogP contribution in [0.25, 0.3) is 0 Å². The lowest BCUT2D eigenvalue weighted by atomic mass is 9.78. The number of rotatable bonds is 2. The van der Waals surface area contributed by atoms with Gasteiger partial charge in [-0.3, -0.25) is 0 Å². The van der Waals surface area contributed by atoms with Crippen molar-refractivity contribution in [3.8, 4) is 0 Å². The molecule has 1 N–H and O–H groups in total. The van der Waals surface area contributed by atoms with Gasteiger partial charge in [0, 0.05) is 17.9 Å². The molecule has 0 aromatic carbocycles. The fraction of sp³-hybridized carbons (Fsp3) is 0.556. The smallest absolute Gasteiger partial charge is 0.255 e. The first-order chi connectivity index (χ1) is 6.20. The summed E-state index contributed by atoms with van der Waals surface area (Å²) in [5.41, 5.74) is 0.0247. The third-order valence-corrected chi connectivity index (χ3v) is 2.53. The molecule has 3 nitrogen and oxygen atoms in total. The van der Waals surface area contributed by atoms with E-state index in [2.05, 4.69) is 22.2 Å². The second-order valence-electron chi connectivity index (χ2n) is 3.73. The van der Waals surface area contributed by atoms with Crippen molar-refractivity contribution < 1.29 is 4.39 Å². The van der Waals surface area contributed by atoms with E-state index >= 15 is 0 Å². The molecule has 70 valence electrons. The molecule has 1 aliphatic rings. The normalized spacial score (nSPS) is 19.2. The Balaban J connectivity index is 2.13. The van der Waals surface area contributed by atoms with E-state index in [0.717, 1.165) is 12.8 Å². The quantitative estimate of drug-likeness (QED) is 0.758. The Labute approximate surface area is 76.4 Å². The third-order valence-electron chi connectivity index (χ3n) is 2.53. The van der Waals surface area contributed by atoms with Gasteiger partial charge in [-0.05, 0) is 26.2 Å². The van der Waals surface area contributed by atoms with Gasteiger partial charge in [-0.1, -0.05) is 0 Å². The van der Waals surface area contributed by atoms with E-state index in [9.17, 15) is 4.39 Å². The van der Waals surface area contributed by atoms with Gasteiger partial charge in [-0.15, -0.1) is 0 Å². The molecule has 2 rings (SSSR count). The predicted molar refractivity (Wildman–Crippen MR) is 47.9 cm³/mol. The molecule has 0 unspecified atom stereocenters. The van der Waals surface area contributed by atoms with Gasteiger partial charge < -0.3 is 5.32 Å². The van der Waals surface area contributed by atoms with Crippen LogP contribution in [0.4, 0.5) is 10.2 Å². The molecule has 1 fully saturated rings. The van der Waals surface area contributed by atoms with Crippen LogP contribution in [-0.4, -0.2) is 15.5 Å². The van der Waals surface area contributed by atoms with Gasteiger partial charge in [-0.2, -0.15) is 4.39 Å². The van der Waals surface area contributed by atoms with Crippen LogP contribution in [0.2, 0.25) is 0 Å². The number of halogens is 1. The lowest BCUT2D eigenvalue weighted by Gasteiger charge is -2.39. The SMILES string of the molecule is CC1(Nc2nccnc2F)CCC1. The molecule has 0 radical (unpaired) electrons. The minimum Gasteiger partial charge on any atom is -0.361 e. The summed E-state index contributed by atoms with van der Waals surface area (Å²) in [6, 6.07) is 0. The summed E-state index contributed by atoms with van der Waals surface area (Å²) >= 11 is 0. The van der Waals surface area contributed by atoms with Crippen LogP contribution >= 0.6 is 0 Å². The summed E-state index contributed by atoms with van der Waals surface area (Å²) in [7, 11) is 0. The summed E-state index contributed by atoms with van der Waals surface area (Å²) in [6.07, 6.45) is 6.19. The van der Waals surface area contributed by atoms with Crippen LogP contribution in [0.1, 0.15) is 26.2 Å². The van der Waals surface area contributed by atoms with Crippen molar-refractivity contribution in [2.75, 3.05) is 5.32 Å². The van der Waals surface area contributed by atoms with Gasteiger partial charge in [0.15, 0.2) is 5.82 Å². The predicted octanol–water partition coefficient (Wildman–Crippen LogP) is 1.97. The number of hydrogen-bond acceptors (Lipinski definition) is 3. The van der Waals surface area contributed by atoms with Gasteiger partial charge in [0.2, 0.25) is 0 Å². The van der Waals surface area contributed by atoms with Gasteiger partial charge >= 0.3 is 0 Å². The number of aromatic nitrogens is 2. The van der Waals surface area contributed by atoms with E-state index in [1.807, 2.05) is 0 Å². The fourth-order valence-corrected chi connectivity index (χ4v) is 1.52. The van der Waals surface area contributed by atoms with Crippen molar-refractivity contribution in [3.63, 3.8) is 0 Å². The molecule has 0 saturated heterocycles. The van der Waals surface area contributed by atoms with Crippen molar-refractivity contribution >= 4 is 5.82 Å². The Bertz CT molecular complexity index is 309. The zero-order chi connectivity index (χ0) is 9.31. The maximum absolute atomic E-state index is 13.0. The van der Waals surface area contributed by atoms with E-state index < -0.39 is 5.95 Å². The van der Waals surface area contributed by atoms with E-state index in [0.29, 0.717) is 0 Å². The van der Waals surface area contributed by atoms with Crippen LogP contribution in [0.15, 0.2) is 12.4 Å². The van der Waals surface area contributed by atoms with Crippen molar-refractivity contribution in [2.24, 2.45) is 0 Å². The largest absolute Gasteiger partial charge is 0.361 e. The highest BCUT2D eigenvalue weighted by molar-refractivity contribution is 5.36. The van der Waals surface area contributed by atoms with Gasteiger partial charge in [0.25, 0.3) is 5.95 Å². The Morgan fingerprint density at radius 2 is 2.08 bits per heavy atom. The minimum absolute atomic E-state index is 0.0247. The monoisotopic (exact) mass is 181 g/mol. The topological polar surface area (TPSA) is 37.8 Å². The third kappa shape index (κ3) is 1.61. The molecule has 0 amide bonds. The Kier molecular flexibility index (Phi) is 1.90. The van der Waals surface area contributed by atoms with Crippen LogP contribution in [0, 0.1) is 5.95 Å². The molecule has 1 saturated carbocycles. The molecule has 0 bridgehead atoms. The molecular weight excluding hydrogens is 169 g/mol. The molecule has 1 aromatic heterocycles. The van der Waals surface area contributed by atoms with Crippen LogP contribution < -0.4 is 5.32 Å². The van der Waals surface area contributed by atoms with E-state index in [4.69, 9.17) is 0 Å². The van der Waals surface area contributed by atoms with Crippen molar-refractivity contribution in [1.82, 2.24) is 9.97 Å². The van der Waals surface area contributed by atoms with Crippen LogP contribution in [0.3, 0.4) is 0 Å². The molecule has 1 heterocycles. The average Bonchev–Trinajstić information content (AvgIpc) is 2.06. The molecule has 0 atom stereocenters. The molecule has 4 heteroatoms. The highest BCUT2D eigenvalue weighted by Gasteiger charge is 2.32.